The normalized spacial score (nSPS) is 17.3. The molecule has 0 radical (unpaired) electrons. The lowest BCUT2D eigenvalue weighted by atomic mass is 9.90. The second-order valence-electron chi connectivity index (χ2n) is 8.57. The van der Waals surface area contributed by atoms with Gasteiger partial charge < -0.3 is 4.90 Å². The third-order valence-electron chi connectivity index (χ3n) is 5.74. The minimum Gasteiger partial charge on any atom is -0.330 e. The number of benzene rings is 2. The van der Waals surface area contributed by atoms with Crippen LogP contribution in [0, 0.1) is 5.41 Å². The van der Waals surface area contributed by atoms with E-state index in [1.807, 2.05) is 35.2 Å². The van der Waals surface area contributed by atoms with E-state index in [1.165, 1.54) is 11.3 Å². The summed E-state index contributed by atoms with van der Waals surface area (Å²) in [6, 6.07) is 16.3. The largest absolute Gasteiger partial charge is 0.330 e. The number of amides is 1. The van der Waals surface area contributed by atoms with Gasteiger partial charge in [-0.15, -0.1) is 0 Å². The molecule has 2 aromatic carbocycles. The molecule has 4 nitrogen and oxygen atoms in total. The van der Waals surface area contributed by atoms with Gasteiger partial charge in [-0.05, 0) is 41.5 Å². The topological polar surface area (TPSA) is 49.0 Å². The Morgan fingerprint density at radius 1 is 1.11 bits per heavy atom. The van der Waals surface area contributed by atoms with E-state index in [0.717, 1.165) is 40.8 Å². The fourth-order valence-corrected chi connectivity index (χ4v) is 4.46. The lowest BCUT2D eigenvalue weighted by Gasteiger charge is -2.15. The smallest absolute Gasteiger partial charge is 0.254 e. The van der Waals surface area contributed by atoms with Crippen LogP contribution in [0.15, 0.2) is 48.5 Å². The number of aromatic nitrogens is 2. The minimum absolute atomic E-state index is 0.119. The second kappa shape index (κ2) is 5.81. The average molecular weight is 357 g/mol. The van der Waals surface area contributed by atoms with E-state index in [9.17, 15) is 4.79 Å². The predicted octanol–water partition coefficient (Wildman–Crippen LogP) is 4.36. The van der Waals surface area contributed by atoms with Gasteiger partial charge in [-0.1, -0.05) is 50.2 Å². The number of carbonyl (C=O) groups excluding carboxylic acids is 1. The zero-order valence-corrected chi connectivity index (χ0v) is 15.7. The maximum Gasteiger partial charge on any atom is 0.254 e. The molecule has 4 heteroatoms. The number of nitrogens with one attached hydrogen (secondary N) is 1. The van der Waals surface area contributed by atoms with Crippen LogP contribution in [0.1, 0.15) is 46.6 Å². The van der Waals surface area contributed by atoms with Crippen LogP contribution in [-0.2, 0) is 25.9 Å². The van der Waals surface area contributed by atoms with Crippen molar-refractivity contribution >= 4 is 5.91 Å². The van der Waals surface area contributed by atoms with Gasteiger partial charge >= 0.3 is 0 Å². The van der Waals surface area contributed by atoms with Gasteiger partial charge in [-0.3, -0.25) is 9.89 Å². The van der Waals surface area contributed by atoms with E-state index < -0.39 is 0 Å². The number of nitrogens with zero attached hydrogens (tertiary/aromatic N) is 2. The molecule has 2 heterocycles. The average Bonchev–Trinajstić information content (AvgIpc) is 3.26. The van der Waals surface area contributed by atoms with Gasteiger partial charge in [0, 0.05) is 35.5 Å². The summed E-state index contributed by atoms with van der Waals surface area (Å²) in [7, 11) is 0. The lowest BCUT2D eigenvalue weighted by Crippen LogP contribution is -2.23. The molecule has 0 unspecified atom stereocenters. The summed E-state index contributed by atoms with van der Waals surface area (Å²) in [4.78, 5) is 14.7. The van der Waals surface area contributed by atoms with Crippen molar-refractivity contribution < 1.29 is 4.79 Å². The summed E-state index contributed by atoms with van der Waals surface area (Å²) in [6.45, 7) is 5.91. The number of H-pyrrole nitrogens is 1. The Hall–Kier alpha value is -2.88. The van der Waals surface area contributed by atoms with Crippen LogP contribution in [0.5, 0.6) is 0 Å². The lowest BCUT2D eigenvalue weighted by molar-refractivity contribution is 0.0766. The molecule has 136 valence electrons. The van der Waals surface area contributed by atoms with E-state index in [-0.39, 0.29) is 11.3 Å². The first-order chi connectivity index (χ1) is 13.0. The molecule has 1 aromatic heterocycles. The highest BCUT2D eigenvalue weighted by Crippen LogP contribution is 2.40. The molecule has 0 bridgehead atoms. The molecule has 2 aliphatic rings. The summed E-state index contributed by atoms with van der Waals surface area (Å²) >= 11 is 0. The summed E-state index contributed by atoms with van der Waals surface area (Å²) in [5, 5.41) is 7.81. The van der Waals surface area contributed by atoms with Crippen molar-refractivity contribution in [1.29, 1.82) is 0 Å². The van der Waals surface area contributed by atoms with Gasteiger partial charge in [0.1, 0.15) is 0 Å². The summed E-state index contributed by atoms with van der Waals surface area (Å²) in [6.07, 6.45) is 2.09. The van der Waals surface area contributed by atoms with Crippen LogP contribution in [0.25, 0.3) is 11.3 Å². The first-order valence-corrected chi connectivity index (χ1v) is 9.53. The monoisotopic (exact) mass is 357 g/mol. The van der Waals surface area contributed by atoms with Gasteiger partial charge in [0.05, 0.1) is 5.69 Å². The molecule has 0 atom stereocenters. The van der Waals surface area contributed by atoms with Crippen molar-refractivity contribution in [3.8, 4) is 11.3 Å². The predicted molar refractivity (Wildman–Crippen MR) is 105 cm³/mol. The zero-order valence-electron chi connectivity index (χ0n) is 15.7. The molecule has 0 fully saturated rings. The highest BCUT2D eigenvalue weighted by atomic mass is 16.2. The molecule has 0 saturated heterocycles. The van der Waals surface area contributed by atoms with Crippen LogP contribution in [-0.4, -0.2) is 21.0 Å². The summed E-state index contributed by atoms with van der Waals surface area (Å²) in [5.41, 5.74) is 8.13. The molecule has 27 heavy (non-hydrogen) atoms. The Labute approximate surface area is 159 Å². The van der Waals surface area contributed by atoms with E-state index in [2.05, 4.69) is 42.2 Å². The molecule has 1 aliphatic carbocycles. The standard InChI is InChI=1S/C23H23N3O/c1-23(2)11-19-20(12-23)24-25-21(19)16-8-9-18-17(10-16)14-26(22(18)27)13-15-6-4-3-5-7-15/h3-10H,11-14H2,1-2H3,(H,24,25). The summed E-state index contributed by atoms with van der Waals surface area (Å²) < 4.78 is 0. The highest BCUT2D eigenvalue weighted by molar-refractivity contribution is 5.99. The van der Waals surface area contributed by atoms with Crippen molar-refractivity contribution in [2.24, 2.45) is 5.41 Å². The number of hydrogen-bond acceptors (Lipinski definition) is 2. The van der Waals surface area contributed by atoms with Gasteiger partial charge in [0.25, 0.3) is 5.91 Å². The molecule has 0 saturated carbocycles. The molecule has 1 aliphatic heterocycles. The van der Waals surface area contributed by atoms with Crippen LogP contribution >= 0.6 is 0 Å². The summed E-state index contributed by atoms with van der Waals surface area (Å²) in [5.74, 6) is 0.119. The zero-order chi connectivity index (χ0) is 18.6. The third-order valence-corrected chi connectivity index (χ3v) is 5.74. The molecule has 3 aromatic rings. The van der Waals surface area contributed by atoms with Crippen molar-refractivity contribution in [2.45, 2.75) is 39.8 Å². The Balaban J connectivity index is 1.44. The van der Waals surface area contributed by atoms with E-state index in [1.54, 1.807) is 0 Å². The van der Waals surface area contributed by atoms with Gasteiger partial charge in [-0.2, -0.15) is 5.10 Å². The van der Waals surface area contributed by atoms with Gasteiger partial charge in [-0.25, -0.2) is 0 Å². The molecule has 0 spiro atoms. The maximum atomic E-state index is 12.8. The van der Waals surface area contributed by atoms with E-state index in [4.69, 9.17) is 0 Å². The third kappa shape index (κ3) is 2.76. The SMILES string of the molecule is CC1(C)Cc2[nH]nc(-c3ccc4c(c3)CN(Cc3ccccc3)C4=O)c2C1. The fraction of sp³-hybridized carbons (Fsp3) is 0.304. The quantitative estimate of drug-likeness (QED) is 0.757. The molecule has 1 N–H and O–H groups in total. The Bertz CT molecular complexity index is 1030. The van der Waals surface area contributed by atoms with Crippen LogP contribution in [0.2, 0.25) is 0 Å². The highest BCUT2D eigenvalue weighted by Gasteiger charge is 2.33. The van der Waals surface area contributed by atoms with Crippen molar-refractivity contribution in [3.05, 3.63) is 76.5 Å². The Morgan fingerprint density at radius 3 is 2.74 bits per heavy atom. The maximum absolute atomic E-state index is 12.8. The van der Waals surface area contributed by atoms with Crippen molar-refractivity contribution in [2.75, 3.05) is 0 Å². The number of hydrogen-bond donors (Lipinski definition) is 1. The Kier molecular flexibility index (Phi) is 3.51. The first kappa shape index (κ1) is 16.3. The molecular weight excluding hydrogens is 334 g/mol. The number of aromatic amines is 1. The minimum atomic E-state index is 0.119. The Morgan fingerprint density at radius 2 is 1.93 bits per heavy atom. The van der Waals surface area contributed by atoms with Crippen LogP contribution < -0.4 is 0 Å². The van der Waals surface area contributed by atoms with Crippen LogP contribution in [0.3, 0.4) is 0 Å². The fourth-order valence-electron chi connectivity index (χ4n) is 4.46. The number of rotatable bonds is 3. The van der Waals surface area contributed by atoms with Crippen molar-refractivity contribution in [3.63, 3.8) is 0 Å². The van der Waals surface area contributed by atoms with E-state index >= 15 is 0 Å². The number of carbonyl (C=O) groups is 1. The van der Waals surface area contributed by atoms with Gasteiger partial charge in [0.2, 0.25) is 0 Å². The second-order valence-corrected chi connectivity index (χ2v) is 8.57. The van der Waals surface area contributed by atoms with Crippen LogP contribution in [0.4, 0.5) is 0 Å². The first-order valence-electron chi connectivity index (χ1n) is 9.53. The van der Waals surface area contributed by atoms with E-state index in [0.29, 0.717) is 13.1 Å². The molecule has 5 rings (SSSR count). The number of fused-ring (bicyclic) bond motifs is 2. The van der Waals surface area contributed by atoms with Crippen molar-refractivity contribution in [1.82, 2.24) is 15.1 Å². The van der Waals surface area contributed by atoms with Gasteiger partial charge in [0.15, 0.2) is 0 Å². The molecular formula is C23H23N3O. The molecule has 1 amide bonds.